The Morgan fingerprint density at radius 1 is 0.897 bits per heavy atom. The van der Waals surface area contributed by atoms with Crippen molar-refractivity contribution in [2.45, 2.75) is 31.4 Å². The quantitative estimate of drug-likeness (QED) is 0.656. The number of rotatable bonds is 7. The van der Waals surface area contributed by atoms with Gasteiger partial charge in [0, 0.05) is 18.4 Å². The first-order chi connectivity index (χ1) is 14.3. The van der Waals surface area contributed by atoms with E-state index in [-0.39, 0.29) is 18.1 Å². The predicted octanol–water partition coefficient (Wildman–Crippen LogP) is 4.42. The molecular weight excluding hydrogens is 360 g/mol. The van der Waals surface area contributed by atoms with Gasteiger partial charge in [0.25, 0.3) is 5.91 Å². The molecule has 4 rings (SSSR count). The zero-order valence-electron chi connectivity index (χ0n) is 16.2. The van der Waals surface area contributed by atoms with Crippen LogP contribution in [0.15, 0.2) is 96.2 Å². The Hall–Kier alpha value is -3.40. The minimum absolute atomic E-state index is 0.0911. The molecule has 0 aromatic heterocycles. The number of benzene rings is 3. The highest BCUT2D eigenvalue weighted by Gasteiger charge is 2.31. The summed E-state index contributed by atoms with van der Waals surface area (Å²) in [6.45, 7) is 0. The Morgan fingerprint density at radius 2 is 1.48 bits per heavy atom. The maximum absolute atomic E-state index is 12.8. The van der Waals surface area contributed by atoms with E-state index in [0.29, 0.717) is 18.4 Å². The van der Waals surface area contributed by atoms with Crippen LogP contribution in [0.4, 0.5) is 0 Å². The molecule has 0 bridgehead atoms. The van der Waals surface area contributed by atoms with Gasteiger partial charge in [-0.2, -0.15) is 0 Å². The topological polar surface area (TPSA) is 50.7 Å². The lowest BCUT2D eigenvalue weighted by molar-refractivity contribution is 0.0509. The second-order valence-corrected chi connectivity index (χ2v) is 7.30. The summed E-state index contributed by atoms with van der Waals surface area (Å²) in [6.07, 6.45) is 1.99. The van der Waals surface area contributed by atoms with Crippen molar-refractivity contribution in [3.05, 3.63) is 108 Å². The molecule has 1 aliphatic heterocycles. The summed E-state index contributed by atoms with van der Waals surface area (Å²) < 4.78 is 0. The van der Waals surface area contributed by atoms with Crippen molar-refractivity contribution in [1.29, 1.82) is 0 Å². The van der Waals surface area contributed by atoms with E-state index < -0.39 is 0 Å². The van der Waals surface area contributed by atoms with Crippen LogP contribution < -0.4 is 5.32 Å². The predicted molar refractivity (Wildman–Crippen MR) is 115 cm³/mol. The van der Waals surface area contributed by atoms with Crippen molar-refractivity contribution >= 4 is 11.6 Å². The van der Waals surface area contributed by atoms with E-state index >= 15 is 0 Å². The van der Waals surface area contributed by atoms with Gasteiger partial charge < -0.3 is 10.2 Å². The standard InChI is InChI=1S/C25H24N2O2/c28-25(21-14-8-3-9-15-21)26-23(17-20-12-6-2-7-13-20)24-18-22(27-29-24)16-19-10-4-1-5-11-19/h1-15,23-24H,16-18H2,(H,26,28). The fraction of sp³-hybridized carbons (Fsp3) is 0.200. The third-order valence-corrected chi connectivity index (χ3v) is 5.10. The molecule has 4 heteroatoms. The minimum atomic E-state index is -0.179. The van der Waals surface area contributed by atoms with Crippen LogP contribution in [0.2, 0.25) is 0 Å². The molecule has 29 heavy (non-hydrogen) atoms. The molecule has 0 saturated carbocycles. The number of amides is 1. The maximum atomic E-state index is 12.8. The summed E-state index contributed by atoms with van der Waals surface area (Å²) in [6, 6.07) is 29.5. The first-order valence-corrected chi connectivity index (χ1v) is 9.93. The molecule has 0 saturated heterocycles. The smallest absolute Gasteiger partial charge is 0.251 e. The van der Waals surface area contributed by atoms with Crippen molar-refractivity contribution in [2.75, 3.05) is 0 Å². The molecule has 4 nitrogen and oxygen atoms in total. The minimum Gasteiger partial charge on any atom is -0.390 e. The third kappa shape index (κ3) is 5.11. The van der Waals surface area contributed by atoms with Gasteiger partial charge in [-0.05, 0) is 29.7 Å². The normalized spacial score (nSPS) is 16.6. The van der Waals surface area contributed by atoms with Crippen LogP contribution >= 0.6 is 0 Å². The van der Waals surface area contributed by atoms with E-state index in [1.165, 1.54) is 5.56 Å². The molecule has 1 heterocycles. The maximum Gasteiger partial charge on any atom is 0.251 e. The second kappa shape index (κ2) is 9.20. The molecule has 0 fully saturated rings. The van der Waals surface area contributed by atoms with Gasteiger partial charge in [-0.25, -0.2) is 0 Å². The highest BCUT2D eigenvalue weighted by Crippen LogP contribution is 2.20. The van der Waals surface area contributed by atoms with Crippen LogP contribution in [-0.4, -0.2) is 23.8 Å². The Morgan fingerprint density at radius 3 is 2.14 bits per heavy atom. The molecule has 3 aromatic rings. The zero-order valence-corrected chi connectivity index (χ0v) is 16.2. The van der Waals surface area contributed by atoms with Crippen LogP contribution in [0.5, 0.6) is 0 Å². The number of carbonyl (C=O) groups excluding carboxylic acids is 1. The van der Waals surface area contributed by atoms with E-state index in [2.05, 4.69) is 34.7 Å². The van der Waals surface area contributed by atoms with Gasteiger partial charge in [0.1, 0.15) is 0 Å². The number of nitrogens with zero attached hydrogens (tertiary/aromatic N) is 1. The average molecular weight is 384 g/mol. The molecule has 3 aromatic carbocycles. The van der Waals surface area contributed by atoms with Crippen LogP contribution in [0.25, 0.3) is 0 Å². The summed E-state index contributed by atoms with van der Waals surface area (Å²) in [7, 11) is 0. The van der Waals surface area contributed by atoms with Gasteiger partial charge in [-0.15, -0.1) is 0 Å². The summed E-state index contributed by atoms with van der Waals surface area (Å²) in [5.41, 5.74) is 4.02. The summed E-state index contributed by atoms with van der Waals surface area (Å²) >= 11 is 0. The molecular formula is C25H24N2O2. The molecule has 1 aliphatic rings. The lowest BCUT2D eigenvalue weighted by atomic mass is 9.95. The van der Waals surface area contributed by atoms with Crippen molar-refractivity contribution in [2.24, 2.45) is 5.16 Å². The lowest BCUT2D eigenvalue weighted by Crippen LogP contribution is -2.45. The van der Waals surface area contributed by atoms with Crippen LogP contribution in [0.3, 0.4) is 0 Å². The summed E-state index contributed by atoms with van der Waals surface area (Å²) in [5, 5.41) is 7.49. The SMILES string of the molecule is O=C(NC(Cc1ccccc1)C1CC(Cc2ccccc2)=NO1)c1ccccc1. The van der Waals surface area contributed by atoms with E-state index in [9.17, 15) is 4.79 Å². The number of hydrogen-bond acceptors (Lipinski definition) is 3. The van der Waals surface area contributed by atoms with Crippen molar-refractivity contribution in [3.63, 3.8) is 0 Å². The van der Waals surface area contributed by atoms with Gasteiger partial charge >= 0.3 is 0 Å². The summed E-state index contributed by atoms with van der Waals surface area (Å²) in [5.74, 6) is -0.0911. The third-order valence-electron chi connectivity index (χ3n) is 5.10. The molecule has 0 aliphatic carbocycles. The summed E-state index contributed by atoms with van der Waals surface area (Å²) in [4.78, 5) is 18.6. The number of carbonyl (C=O) groups is 1. The lowest BCUT2D eigenvalue weighted by Gasteiger charge is -2.23. The fourth-order valence-electron chi connectivity index (χ4n) is 3.59. The van der Waals surface area contributed by atoms with E-state index in [1.807, 2.05) is 66.7 Å². The van der Waals surface area contributed by atoms with Crippen molar-refractivity contribution in [1.82, 2.24) is 5.32 Å². The van der Waals surface area contributed by atoms with Crippen molar-refractivity contribution < 1.29 is 9.63 Å². The Balaban J connectivity index is 1.46. The first kappa shape index (κ1) is 18.9. The van der Waals surface area contributed by atoms with Crippen LogP contribution in [0, 0.1) is 0 Å². The molecule has 146 valence electrons. The highest BCUT2D eigenvalue weighted by molar-refractivity contribution is 5.94. The Kier molecular flexibility index (Phi) is 6.01. The monoisotopic (exact) mass is 384 g/mol. The van der Waals surface area contributed by atoms with Gasteiger partial charge in [-0.1, -0.05) is 84.0 Å². The Labute approximate surface area is 171 Å². The number of hydrogen-bond donors (Lipinski definition) is 1. The fourth-order valence-corrected chi connectivity index (χ4v) is 3.59. The van der Waals surface area contributed by atoms with Crippen LogP contribution in [-0.2, 0) is 17.7 Å². The number of oxime groups is 1. The van der Waals surface area contributed by atoms with Crippen molar-refractivity contribution in [3.8, 4) is 0 Å². The van der Waals surface area contributed by atoms with Gasteiger partial charge in [0.05, 0.1) is 11.8 Å². The molecule has 1 amide bonds. The van der Waals surface area contributed by atoms with Gasteiger partial charge in [0.2, 0.25) is 0 Å². The van der Waals surface area contributed by atoms with Gasteiger partial charge in [-0.3, -0.25) is 4.79 Å². The van der Waals surface area contributed by atoms with Crippen LogP contribution in [0.1, 0.15) is 27.9 Å². The van der Waals surface area contributed by atoms with E-state index in [0.717, 1.165) is 17.7 Å². The molecule has 0 radical (unpaired) electrons. The Bertz CT molecular complexity index is 956. The van der Waals surface area contributed by atoms with E-state index in [1.54, 1.807) is 0 Å². The second-order valence-electron chi connectivity index (χ2n) is 7.30. The average Bonchev–Trinajstić information content (AvgIpc) is 3.24. The van der Waals surface area contributed by atoms with Gasteiger partial charge in [0.15, 0.2) is 6.10 Å². The molecule has 2 unspecified atom stereocenters. The first-order valence-electron chi connectivity index (χ1n) is 9.93. The molecule has 2 atom stereocenters. The molecule has 0 spiro atoms. The molecule has 1 N–H and O–H groups in total. The zero-order chi connectivity index (χ0) is 19.9. The van der Waals surface area contributed by atoms with E-state index in [4.69, 9.17) is 4.84 Å². The number of nitrogens with one attached hydrogen (secondary N) is 1. The highest BCUT2D eigenvalue weighted by atomic mass is 16.6. The largest absolute Gasteiger partial charge is 0.390 e.